The van der Waals surface area contributed by atoms with Crippen molar-refractivity contribution in [1.82, 2.24) is 9.61 Å². The van der Waals surface area contributed by atoms with E-state index in [0.29, 0.717) is 0 Å². The molecule has 5 nitrogen and oxygen atoms in total. The maximum Gasteiger partial charge on any atom is 0.160 e. The first-order valence-corrected chi connectivity index (χ1v) is 13.3. The van der Waals surface area contributed by atoms with Crippen molar-refractivity contribution in [2.45, 2.75) is 0 Å². The van der Waals surface area contributed by atoms with E-state index in [1.54, 1.807) is 0 Å². The standard InChI is InChI=1S/C35H21N3O2/c1-2-8-23-21-37-26(17-22(23)7-1)20-35(36-37)38(24-13-15-33-29(18-24)27-9-3-5-11-31(27)39-33)25-14-16-34-30(19-25)28-10-4-6-12-32(28)40-34/h1-21H. The quantitative estimate of drug-likeness (QED) is 0.235. The van der Waals surface area contributed by atoms with Gasteiger partial charge in [-0.05, 0) is 60.0 Å². The Balaban J connectivity index is 1.31. The van der Waals surface area contributed by atoms with Gasteiger partial charge < -0.3 is 8.83 Å². The van der Waals surface area contributed by atoms with Crippen LogP contribution in [0.5, 0.6) is 0 Å². The van der Waals surface area contributed by atoms with Gasteiger partial charge in [-0.25, -0.2) is 4.52 Å². The van der Waals surface area contributed by atoms with Gasteiger partial charge in [-0.1, -0.05) is 60.7 Å². The van der Waals surface area contributed by atoms with Crippen LogP contribution < -0.4 is 4.90 Å². The molecular weight excluding hydrogens is 494 g/mol. The molecule has 0 saturated carbocycles. The van der Waals surface area contributed by atoms with Gasteiger partial charge in [0.2, 0.25) is 0 Å². The molecule has 5 aromatic carbocycles. The second-order valence-corrected chi connectivity index (χ2v) is 10.2. The molecular formula is C35H21N3O2. The number of fused-ring (bicyclic) bond motifs is 8. The number of hydrogen-bond donors (Lipinski definition) is 0. The van der Waals surface area contributed by atoms with Crippen LogP contribution in [0.2, 0.25) is 0 Å². The molecule has 0 aliphatic heterocycles. The lowest BCUT2D eigenvalue weighted by molar-refractivity contribution is 0.668. The lowest BCUT2D eigenvalue weighted by Crippen LogP contribution is -2.10. The molecule has 40 heavy (non-hydrogen) atoms. The van der Waals surface area contributed by atoms with Gasteiger partial charge in [-0.15, -0.1) is 5.10 Å². The fourth-order valence-corrected chi connectivity index (χ4v) is 5.89. The summed E-state index contributed by atoms with van der Waals surface area (Å²) in [6.45, 7) is 0. The van der Waals surface area contributed by atoms with Crippen LogP contribution in [0.4, 0.5) is 17.2 Å². The van der Waals surface area contributed by atoms with E-state index in [0.717, 1.165) is 72.0 Å². The van der Waals surface area contributed by atoms with Crippen molar-refractivity contribution in [3.05, 3.63) is 128 Å². The van der Waals surface area contributed by atoms with Crippen molar-refractivity contribution in [3.8, 4) is 0 Å². The van der Waals surface area contributed by atoms with Crippen molar-refractivity contribution < 1.29 is 8.83 Å². The summed E-state index contributed by atoms with van der Waals surface area (Å²) in [6.07, 6.45) is 2.09. The summed E-state index contributed by atoms with van der Waals surface area (Å²) in [5.74, 6) is 0.828. The summed E-state index contributed by atoms with van der Waals surface area (Å²) in [5, 5.41) is 11.7. The minimum atomic E-state index is 0.828. The Bertz CT molecular complexity index is 2240. The number of furan rings is 2. The van der Waals surface area contributed by atoms with E-state index in [9.17, 15) is 0 Å². The number of hydrogen-bond acceptors (Lipinski definition) is 4. The van der Waals surface area contributed by atoms with Gasteiger partial charge in [-0.2, -0.15) is 0 Å². The molecule has 0 fully saturated rings. The van der Waals surface area contributed by atoms with Crippen molar-refractivity contribution in [1.29, 1.82) is 0 Å². The molecule has 4 heterocycles. The summed E-state index contributed by atoms with van der Waals surface area (Å²) in [6, 6.07) is 41.7. The summed E-state index contributed by atoms with van der Waals surface area (Å²) < 4.78 is 14.2. The first-order valence-electron chi connectivity index (χ1n) is 13.3. The first-order chi connectivity index (χ1) is 19.8. The van der Waals surface area contributed by atoms with E-state index in [-0.39, 0.29) is 0 Å². The number of para-hydroxylation sites is 2. The smallest absolute Gasteiger partial charge is 0.160 e. The zero-order valence-electron chi connectivity index (χ0n) is 21.3. The zero-order chi connectivity index (χ0) is 26.2. The first kappa shape index (κ1) is 21.4. The third-order valence-electron chi connectivity index (χ3n) is 7.78. The maximum absolute atomic E-state index is 6.14. The number of benzene rings is 5. The molecule has 0 spiro atoms. The highest BCUT2D eigenvalue weighted by Crippen LogP contribution is 2.41. The van der Waals surface area contributed by atoms with Crippen LogP contribution in [0.1, 0.15) is 0 Å². The predicted molar refractivity (Wildman–Crippen MR) is 162 cm³/mol. The average Bonchev–Trinajstić information content (AvgIpc) is 3.68. The normalized spacial score (nSPS) is 12.0. The fraction of sp³-hybridized carbons (Fsp3) is 0. The molecule has 0 aliphatic carbocycles. The molecule has 0 bridgehead atoms. The summed E-state index contributed by atoms with van der Waals surface area (Å²) >= 11 is 0. The van der Waals surface area contributed by atoms with E-state index >= 15 is 0 Å². The van der Waals surface area contributed by atoms with Crippen molar-refractivity contribution in [2.24, 2.45) is 0 Å². The lowest BCUT2D eigenvalue weighted by Gasteiger charge is -2.23. The number of rotatable bonds is 3. The maximum atomic E-state index is 6.14. The summed E-state index contributed by atoms with van der Waals surface area (Å²) in [5.41, 5.74) is 6.52. The molecule has 9 aromatic rings. The Hall–Kier alpha value is -5.55. The van der Waals surface area contributed by atoms with Crippen LogP contribution in [0.15, 0.2) is 136 Å². The molecule has 0 unspecified atom stereocenters. The van der Waals surface area contributed by atoms with Crippen molar-refractivity contribution in [3.63, 3.8) is 0 Å². The second-order valence-electron chi connectivity index (χ2n) is 10.2. The van der Waals surface area contributed by atoms with E-state index in [1.165, 1.54) is 5.39 Å². The van der Waals surface area contributed by atoms with Crippen molar-refractivity contribution in [2.75, 3.05) is 4.90 Å². The van der Waals surface area contributed by atoms with Crippen LogP contribution in [0.3, 0.4) is 0 Å². The molecule has 0 amide bonds. The molecule has 4 aromatic heterocycles. The van der Waals surface area contributed by atoms with Crippen molar-refractivity contribution >= 4 is 77.4 Å². The van der Waals surface area contributed by atoms with Gasteiger partial charge in [0.05, 0.1) is 5.52 Å². The molecule has 0 radical (unpaired) electrons. The number of nitrogens with zero attached hydrogens (tertiary/aromatic N) is 3. The summed E-state index contributed by atoms with van der Waals surface area (Å²) in [7, 11) is 0. The van der Waals surface area contributed by atoms with E-state index in [1.807, 2.05) is 53.0 Å². The molecule has 0 atom stereocenters. The van der Waals surface area contributed by atoms with Crippen LogP contribution in [-0.2, 0) is 0 Å². The molecule has 188 valence electrons. The minimum absolute atomic E-state index is 0.828. The topological polar surface area (TPSA) is 46.8 Å². The van der Waals surface area contributed by atoms with Gasteiger partial charge in [-0.3, -0.25) is 4.90 Å². The Morgan fingerprint density at radius 2 is 1.05 bits per heavy atom. The highest BCUT2D eigenvalue weighted by Gasteiger charge is 2.20. The second kappa shape index (κ2) is 7.98. The van der Waals surface area contributed by atoms with Crippen LogP contribution in [0, 0.1) is 0 Å². The predicted octanol–water partition coefficient (Wildman–Crippen LogP) is 9.76. The highest BCUT2D eigenvalue weighted by atomic mass is 16.3. The molecule has 0 N–H and O–H groups in total. The molecule has 5 heteroatoms. The van der Waals surface area contributed by atoms with E-state index in [2.05, 4.69) is 83.9 Å². The van der Waals surface area contributed by atoms with Crippen LogP contribution >= 0.6 is 0 Å². The average molecular weight is 516 g/mol. The fourth-order valence-electron chi connectivity index (χ4n) is 5.89. The molecule has 9 rings (SSSR count). The Morgan fingerprint density at radius 3 is 1.70 bits per heavy atom. The Labute approximate surface area is 228 Å². The highest BCUT2D eigenvalue weighted by molar-refractivity contribution is 6.08. The minimum Gasteiger partial charge on any atom is -0.456 e. The van der Waals surface area contributed by atoms with Crippen LogP contribution in [-0.4, -0.2) is 9.61 Å². The molecule has 0 saturated heterocycles. The SMILES string of the molecule is c1ccc2cn3nc(N(c4ccc5oc6ccccc6c5c4)c4ccc5oc6ccccc6c5c4)cc3cc2c1. The van der Waals surface area contributed by atoms with Gasteiger partial charge >= 0.3 is 0 Å². The van der Waals surface area contributed by atoms with Gasteiger partial charge in [0.25, 0.3) is 0 Å². The number of aromatic nitrogens is 2. The van der Waals surface area contributed by atoms with Gasteiger partial charge in [0.1, 0.15) is 22.3 Å². The third-order valence-corrected chi connectivity index (χ3v) is 7.78. The monoisotopic (exact) mass is 515 g/mol. The van der Waals surface area contributed by atoms with Gasteiger partial charge in [0.15, 0.2) is 5.82 Å². The number of anilines is 3. The third kappa shape index (κ3) is 3.12. The van der Waals surface area contributed by atoms with Gasteiger partial charge in [0, 0.05) is 50.6 Å². The van der Waals surface area contributed by atoms with E-state index in [4.69, 9.17) is 13.9 Å². The van der Waals surface area contributed by atoms with Crippen LogP contribution in [0.25, 0.3) is 60.2 Å². The Kier molecular flexibility index (Phi) is 4.27. The summed E-state index contributed by atoms with van der Waals surface area (Å²) in [4.78, 5) is 2.21. The lowest BCUT2D eigenvalue weighted by atomic mass is 10.1. The largest absolute Gasteiger partial charge is 0.456 e. The molecule has 0 aliphatic rings. The number of pyridine rings is 1. The van der Waals surface area contributed by atoms with E-state index < -0.39 is 0 Å². The zero-order valence-corrected chi connectivity index (χ0v) is 21.3. The Morgan fingerprint density at radius 1 is 0.500 bits per heavy atom.